The molecule has 0 unspecified atom stereocenters. The normalized spacial score (nSPS) is 13.3. The van der Waals surface area contributed by atoms with E-state index in [2.05, 4.69) is 0 Å². The van der Waals surface area contributed by atoms with Crippen molar-refractivity contribution >= 4 is 59.9 Å². The summed E-state index contributed by atoms with van der Waals surface area (Å²) < 4.78 is 29.5. The molecule has 1 aliphatic rings. The van der Waals surface area contributed by atoms with Crippen LogP contribution in [0.2, 0.25) is 5.02 Å². The van der Waals surface area contributed by atoms with Gasteiger partial charge in [-0.25, -0.2) is 13.4 Å². The third-order valence-electron chi connectivity index (χ3n) is 6.76. The second kappa shape index (κ2) is 10.4. The zero-order valence-electron chi connectivity index (χ0n) is 20.8. The first-order chi connectivity index (χ1) is 18.9. The van der Waals surface area contributed by atoms with E-state index in [4.69, 9.17) is 16.6 Å². The third-order valence-corrected chi connectivity index (χ3v) is 9.86. The molecular formula is C30H24ClN3O3S2. The third kappa shape index (κ3) is 5.03. The minimum Gasteiger partial charge on any atom is -0.279 e. The number of rotatable bonds is 6. The van der Waals surface area contributed by atoms with Crippen LogP contribution >= 0.6 is 22.9 Å². The van der Waals surface area contributed by atoms with E-state index in [9.17, 15) is 13.2 Å². The van der Waals surface area contributed by atoms with Crippen LogP contribution in [0.1, 0.15) is 27.9 Å². The molecule has 196 valence electrons. The first kappa shape index (κ1) is 25.6. The molecule has 5 aromatic rings. The Labute approximate surface area is 236 Å². The summed E-state index contributed by atoms with van der Waals surface area (Å²) in [5.74, 6) is -0.267. The van der Waals surface area contributed by atoms with Crippen LogP contribution in [0, 0.1) is 0 Å². The number of anilines is 2. The van der Waals surface area contributed by atoms with Gasteiger partial charge in [-0.05, 0) is 72.5 Å². The van der Waals surface area contributed by atoms with Gasteiger partial charge < -0.3 is 0 Å². The van der Waals surface area contributed by atoms with Crippen LogP contribution in [-0.2, 0) is 23.0 Å². The van der Waals surface area contributed by atoms with Crippen LogP contribution in [0.5, 0.6) is 0 Å². The highest BCUT2D eigenvalue weighted by Gasteiger charge is 2.29. The molecule has 6 nitrogen and oxygen atoms in total. The van der Waals surface area contributed by atoms with Gasteiger partial charge in [-0.15, -0.1) is 0 Å². The summed E-state index contributed by atoms with van der Waals surface area (Å²) in [5.41, 5.74) is 3.82. The molecule has 1 aromatic heterocycles. The van der Waals surface area contributed by atoms with Crippen LogP contribution in [0.25, 0.3) is 10.2 Å². The summed E-state index contributed by atoms with van der Waals surface area (Å²) in [6.45, 7) is 0.740. The largest absolute Gasteiger partial charge is 0.279 e. The number of aryl methyl sites for hydroxylation is 1. The molecule has 0 aliphatic carbocycles. The predicted octanol–water partition coefficient (Wildman–Crippen LogP) is 6.94. The minimum absolute atomic E-state index is 0.153. The number of hydrogen-bond donors (Lipinski definition) is 0. The molecule has 0 bridgehead atoms. The molecule has 39 heavy (non-hydrogen) atoms. The van der Waals surface area contributed by atoms with E-state index in [-0.39, 0.29) is 10.8 Å². The number of benzene rings is 4. The number of aromatic nitrogens is 1. The first-order valence-corrected chi connectivity index (χ1v) is 15.2. The molecule has 0 fully saturated rings. The van der Waals surface area contributed by atoms with Gasteiger partial charge in [0.1, 0.15) is 0 Å². The maximum Gasteiger partial charge on any atom is 0.264 e. The highest BCUT2D eigenvalue weighted by Crippen LogP contribution is 2.34. The number of thiazole rings is 1. The SMILES string of the molecule is O=C(c1ccc(S(=O)(=O)N2CCCc3ccccc32)cc1)N(Cc1ccccc1)c1nc2ccc(Cl)cc2s1. The molecule has 6 rings (SSSR count). The molecule has 2 heterocycles. The van der Waals surface area contributed by atoms with E-state index in [1.165, 1.54) is 27.8 Å². The lowest BCUT2D eigenvalue weighted by molar-refractivity contribution is 0.0985. The fourth-order valence-corrected chi connectivity index (χ4v) is 7.58. The number of para-hydroxylation sites is 1. The summed E-state index contributed by atoms with van der Waals surface area (Å²) in [5, 5.41) is 1.15. The van der Waals surface area contributed by atoms with Gasteiger partial charge in [0, 0.05) is 17.1 Å². The van der Waals surface area contributed by atoms with Gasteiger partial charge in [-0.1, -0.05) is 71.5 Å². The number of carbonyl (C=O) groups is 1. The Hall–Kier alpha value is -3.72. The lowest BCUT2D eigenvalue weighted by Crippen LogP contribution is -2.35. The second-order valence-electron chi connectivity index (χ2n) is 9.32. The Morgan fingerprint density at radius 1 is 0.949 bits per heavy atom. The van der Waals surface area contributed by atoms with Crippen molar-refractivity contribution in [3.8, 4) is 0 Å². The molecule has 0 N–H and O–H groups in total. The standard InChI is InChI=1S/C30H24ClN3O3S2/c31-24-14-17-26-28(19-24)38-30(32-26)33(20-21-7-2-1-3-8-21)29(35)23-12-15-25(16-13-23)39(36,37)34-18-6-10-22-9-4-5-11-27(22)34/h1-5,7-9,11-17,19H,6,10,18,20H2. The van der Waals surface area contributed by atoms with Gasteiger partial charge in [0.25, 0.3) is 15.9 Å². The van der Waals surface area contributed by atoms with Crippen LogP contribution < -0.4 is 9.21 Å². The number of sulfonamides is 1. The number of halogens is 1. The summed E-state index contributed by atoms with van der Waals surface area (Å²) >= 11 is 7.57. The van der Waals surface area contributed by atoms with Gasteiger partial charge >= 0.3 is 0 Å². The number of amides is 1. The average Bonchev–Trinajstić information content (AvgIpc) is 3.38. The summed E-state index contributed by atoms with van der Waals surface area (Å²) in [6.07, 6.45) is 1.61. The Kier molecular flexibility index (Phi) is 6.85. The number of nitrogens with zero attached hydrogens (tertiary/aromatic N) is 3. The molecule has 0 radical (unpaired) electrons. The maximum absolute atomic E-state index is 13.8. The number of hydrogen-bond acceptors (Lipinski definition) is 5. The Morgan fingerprint density at radius 2 is 1.69 bits per heavy atom. The molecular weight excluding hydrogens is 550 g/mol. The van der Waals surface area contributed by atoms with Gasteiger partial charge in [0.05, 0.1) is 27.3 Å². The van der Waals surface area contributed by atoms with E-state index in [0.29, 0.717) is 34.5 Å². The van der Waals surface area contributed by atoms with Crippen LogP contribution in [-0.4, -0.2) is 25.9 Å². The van der Waals surface area contributed by atoms with Crippen LogP contribution in [0.3, 0.4) is 0 Å². The predicted molar refractivity (Wildman–Crippen MR) is 157 cm³/mol. The molecule has 1 aliphatic heterocycles. The second-order valence-corrected chi connectivity index (χ2v) is 12.6. The van der Waals surface area contributed by atoms with Gasteiger partial charge in [-0.3, -0.25) is 14.0 Å². The number of carbonyl (C=O) groups excluding carboxylic acids is 1. The van der Waals surface area contributed by atoms with E-state index in [0.717, 1.165) is 34.2 Å². The summed E-state index contributed by atoms with van der Waals surface area (Å²) in [6, 6.07) is 28.9. The van der Waals surface area contributed by atoms with E-state index < -0.39 is 10.0 Å². The summed E-state index contributed by atoms with van der Waals surface area (Å²) in [7, 11) is -3.77. The van der Waals surface area contributed by atoms with Crippen molar-refractivity contribution in [1.29, 1.82) is 0 Å². The average molecular weight is 574 g/mol. The molecule has 0 spiro atoms. The molecule has 1 amide bonds. The fourth-order valence-electron chi connectivity index (χ4n) is 4.80. The number of fused-ring (bicyclic) bond motifs is 2. The van der Waals surface area contributed by atoms with Gasteiger partial charge in [0.2, 0.25) is 0 Å². The quantitative estimate of drug-likeness (QED) is 0.221. The molecule has 0 atom stereocenters. The fraction of sp³-hybridized carbons (Fsp3) is 0.133. The molecule has 0 saturated heterocycles. The van der Waals surface area contributed by atoms with Crippen LogP contribution in [0.4, 0.5) is 10.8 Å². The molecule has 4 aromatic carbocycles. The maximum atomic E-state index is 13.8. The van der Waals surface area contributed by atoms with Crippen molar-refractivity contribution in [3.63, 3.8) is 0 Å². The summed E-state index contributed by atoms with van der Waals surface area (Å²) in [4.78, 5) is 20.3. The molecule has 0 saturated carbocycles. The van der Waals surface area contributed by atoms with Crippen molar-refractivity contribution in [2.24, 2.45) is 0 Å². The van der Waals surface area contributed by atoms with Crippen molar-refractivity contribution in [2.75, 3.05) is 15.7 Å². The topological polar surface area (TPSA) is 70.6 Å². The van der Waals surface area contributed by atoms with E-state index >= 15 is 0 Å². The Morgan fingerprint density at radius 3 is 2.49 bits per heavy atom. The van der Waals surface area contributed by atoms with E-state index in [1.807, 2.05) is 66.7 Å². The molecule has 9 heteroatoms. The lowest BCUT2D eigenvalue weighted by Gasteiger charge is -2.30. The zero-order valence-corrected chi connectivity index (χ0v) is 23.2. The monoisotopic (exact) mass is 573 g/mol. The Balaban J connectivity index is 1.33. The Bertz CT molecular complexity index is 1770. The van der Waals surface area contributed by atoms with Crippen molar-refractivity contribution < 1.29 is 13.2 Å². The van der Waals surface area contributed by atoms with Crippen molar-refractivity contribution in [1.82, 2.24) is 4.98 Å². The van der Waals surface area contributed by atoms with Crippen molar-refractivity contribution in [3.05, 3.63) is 119 Å². The van der Waals surface area contributed by atoms with E-state index in [1.54, 1.807) is 23.1 Å². The highest BCUT2D eigenvalue weighted by molar-refractivity contribution is 7.92. The van der Waals surface area contributed by atoms with Crippen molar-refractivity contribution in [2.45, 2.75) is 24.3 Å². The minimum atomic E-state index is -3.77. The zero-order chi connectivity index (χ0) is 27.0. The first-order valence-electron chi connectivity index (χ1n) is 12.5. The van der Waals surface area contributed by atoms with Gasteiger partial charge in [0.15, 0.2) is 5.13 Å². The lowest BCUT2D eigenvalue weighted by atomic mass is 10.0. The van der Waals surface area contributed by atoms with Crippen LogP contribution in [0.15, 0.2) is 102 Å². The van der Waals surface area contributed by atoms with Gasteiger partial charge in [-0.2, -0.15) is 0 Å². The smallest absolute Gasteiger partial charge is 0.264 e. The highest BCUT2D eigenvalue weighted by atomic mass is 35.5.